The molecule has 0 bridgehead atoms. The molecule has 128 valence electrons. The summed E-state index contributed by atoms with van der Waals surface area (Å²) in [7, 11) is -3.49. The molecule has 10 heteroatoms. The minimum atomic E-state index is -3.49. The van der Waals surface area contributed by atoms with Crippen molar-refractivity contribution in [2.24, 2.45) is 0 Å². The fourth-order valence-electron chi connectivity index (χ4n) is 2.11. The largest absolute Gasteiger partial charge is 0.384 e. The molecule has 0 aliphatic rings. The number of nitrogens with one attached hydrogen (secondary N) is 1. The maximum Gasteiger partial charge on any atom is 0.229 e. The quantitative estimate of drug-likeness (QED) is 0.523. The molecule has 3 aromatic rings. The van der Waals surface area contributed by atoms with Gasteiger partial charge in [-0.25, -0.2) is 22.9 Å². The molecule has 0 aliphatic heterocycles. The van der Waals surface area contributed by atoms with Crippen molar-refractivity contribution in [1.29, 1.82) is 0 Å². The molecule has 0 radical (unpaired) electrons. The molecular formula is C15H12ClN5O3S. The van der Waals surface area contributed by atoms with Crippen molar-refractivity contribution in [3.63, 3.8) is 0 Å². The maximum atomic E-state index is 11.4. The Morgan fingerprint density at radius 2 is 2.20 bits per heavy atom. The zero-order valence-electron chi connectivity index (χ0n) is 12.9. The van der Waals surface area contributed by atoms with Crippen LogP contribution in [0.15, 0.2) is 30.7 Å². The Kier molecular flexibility index (Phi) is 4.59. The van der Waals surface area contributed by atoms with Gasteiger partial charge in [-0.15, -0.1) is 0 Å². The lowest BCUT2D eigenvalue weighted by Crippen LogP contribution is -2.10. The monoisotopic (exact) mass is 377 g/mol. The summed E-state index contributed by atoms with van der Waals surface area (Å²) < 4.78 is 26.7. The number of aliphatic hydroxyl groups is 1. The molecule has 0 fully saturated rings. The first-order valence-electron chi connectivity index (χ1n) is 6.95. The third kappa shape index (κ3) is 3.88. The topological polar surface area (TPSA) is 109 Å². The molecule has 0 spiro atoms. The highest BCUT2D eigenvalue weighted by atomic mass is 35.5. The van der Waals surface area contributed by atoms with Gasteiger partial charge in [-0.2, -0.15) is 5.10 Å². The highest BCUT2D eigenvalue weighted by Gasteiger charge is 2.12. The molecule has 8 nitrogen and oxygen atoms in total. The second kappa shape index (κ2) is 6.68. The minimum Gasteiger partial charge on any atom is -0.384 e. The molecule has 3 rings (SSSR count). The van der Waals surface area contributed by atoms with Gasteiger partial charge in [0.2, 0.25) is 10.0 Å². The second-order valence-electron chi connectivity index (χ2n) is 5.04. The van der Waals surface area contributed by atoms with Crippen LogP contribution < -0.4 is 4.72 Å². The lowest BCUT2D eigenvalue weighted by atomic mass is 10.2. The van der Waals surface area contributed by atoms with E-state index in [1.165, 1.54) is 6.20 Å². The van der Waals surface area contributed by atoms with Crippen molar-refractivity contribution in [3.05, 3.63) is 41.4 Å². The van der Waals surface area contributed by atoms with E-state index in [-0.39, 0.29) is 17.4 Å². The number of sulfonamides is 1. The number of pyridine rings is 1. The van der Waals surface area contributed by atoms with E-state index < -0.39 is 10.0 Å². The summed E-state index contributed by atoms with van der Waals surface area (Å²) >= 11 is 5.94. The van der Waals surface area contributed by atoms with E-state index in [0.717, 1.165) is 6.26 Å². The number of hydrogen-bond acceptors (Lipinski definition) is 6. The molecule has 0 aromatic carbocycles. The van der Waals surface area contributed by atoms with Crippen molar-refractivity contribution >= 4 is 33.0 Å². The number of rotatable bonds is 3. The van der Waals surface area contributed by atoms with Crippen LogP contribution in [0.5, 0.6) is 0 Å². The van der Waals surface area contributed by atoms with Gasteiger partial charge in [0.05, 0.1) is 29.4 Å². The predicted molar refractivity (Wildman–Crippen MR) is 93.7 cm³/mol. The van der Waals surface area contributed by atoms with Crippen molar-refractivity contribution < 1.29 is 13.5 Å². The summed E-state index contributed by atoms with van der Waals surface area (Å²) in [4.78, 5) is 8.48. The zero-order chi connectivity index (χ0) is 18.0. The number of fused-ring (bicyclic) bond motifs is 1. The highest BCUT2D eigenvalue weighted by molar-refractivity contribution is 7.92. The molecule has 0 unspecified atom stereocenters. The van der Waals surface area contributed by atoms with Crippen LogP contribution in [-0.2, 0) is 10.0 Å². The van der Waals surface area contributed by atoms with E-state index in [0.29, 0.717) is 22.5 Å². The molecule has 0 aliphatic carbocycles. The molecular weight excluding hydrogens is 366 g/mol. The van der Waals surface area contributed by atoms with Gasteiger partial charge in [0.25, 0.3) is 0 Å². The number of hydrogen-bond donors (Lipinski definition) is 2. The number of anilines is 1. The van der Waals surface area contributed by atoms with Gasteiger partial charge in [-0.1, -0.05) is 23.4 Å². The average Bonchev–Trinajstić information content (AvgIpc) is 2.96. The van der Waals surface area contributed by atoms with Crippen molar-refractivity contribution in [2.75, 3.05) is 17.6 Å². The molecule has 3 heterocycles. The first-order valence-corrected chi connectivity index (χ1v) is 9.22. The van der Waals surface area contributed by atoms with Gasteiger partial charge in [-0.05, 0) is 12.1 Å². The minimum absolute atomic E-state index is 0.0362. The van der Waals surface area contributed by atoms with Crippen LogP contribution in [0.2, 0.25) is 5.15 Å². The summed E-state index contributed by atoms with van der Waals surface area (Å²) in [5.74, 6) is 5.32. The number of nitrogens with zero attached hydrogens (tertiary/aromatic N) is 4. The Morgan fingerprint density at radius 1 is 1.40 bits per heavy atom. The third-order valence-electron chi connectivity index (χ3n) is 3.10. The molecule has 0 saturated carbocycles. The summed E-state index contributed by atoms with van der Waals surface area (Å²) in [6.07, 6.45) is 5.76. The summed E-state index contributed by atoms with van der Waals surface area (Å²) in [6.45, 7) is -0.265. The van der Waals surface area contributed by atoms with Gasteiger partial charge in [0.15, 0.2) is 10.8 Å². The fourth-order valence-corrected chi connectivity index (χ4v) is 2.87. The standard InChI is InChI=1S/C15H12ClN5O3S/c1-25(23,24)20-13-7-11(8-17-14(13)16)12-4-5-21-15(19-12)10(9-18-21)3-2-6-22/h4-5,7-9,20,22H,6H2,1H3. The van der Waals surface area contributed by atoms with E-state index in [1.54, 1.807) is 29.0 Å². The average molecular weight is 378 g/mol. The lowest BCUT2D eigenvalue weighted by molar-refractivity contribution is 0.350. The maximum absolute atomic E-state index is 11.4. The zero-order valence-corrected chi connectivity index (χ0v) is 14.5. The van der Waals surface area contributed by atoms with Crippen LogP contribution in [0.1, 0.15) is 5.56 Å². The molecule has 3 aromatic heterocycles. The van der Waals surface area contributed by atoms with Crippen LogP contribution in [0, 0.1) is 11.8 Å². The summed E-state index contributed by atoms with van der Waals surface area (Å²) in [5, 5.41) is 13.0. The third-order valence-corrected chi connectivity index (χ3v) is 3.99. The van der Waals surface area contributed by atoms with Crippen LogP contribution in [0.25, 0.3) is 16.9 Å². The van der Waals surface area contributed by atoms with Crippen LogP contribution >= 0.6 is 11.6 Å². The number of halogens is 1. The van der Waals surface area contributed by atoms with E-state index in [1.807, 2.05) is 0 Å². The Morgan fingerprint density at radius 3 is 2.92 bits per heavy atom. The molecule has 0 atom stereocenters. The van der Waals surface area contributed by atoms with Crippen molar-refractivity contribution in [2.45, 2.75) is 0 Å². The molecule has 0 saturated heterocycles. The van der Waals surface area contributed by atoms with Crippen molar-refractivity contribution in [1.82, 2.24) is 19.6 Å². The smallest absolute Gasteiger partial charge is 0.229 e. The highest BCUT2D eigenvalue weighted by Crippen LogP contribution is 2.26. The first-order chi connectivity index (χ1) is 11.9. The Balaban J connectivity index is 2.08. The van der Waals surface area contributed by atoms with E-state index in [9.17, 15) is 8.42 Å². The Bertz CT molecular complexity index is 1120. The Labute approximate surface area is 148 Å². The van der Waals surface area contributed by atoms with Gasteiger partial charge >= 0.3 is 0 Å². The van der Waals surface area contributed by atoms with Gasteiger partial charge in [0.1, 0.15) is 6.61 Å². The van der Waals surface area contributed by atoms with Crippen LogP contribution in [0.3, 0.4) is 0 Å². The van der Waals surface area contributed by atoms with E-state index in [4.69, 9.17) is 16.7 Å². The fraction of sp³-hybridized carbons (Fsp3) is 0.133. The van der Waals surface area contributed by atoms with E-state index >= 15 is 0 Å². The molecule has 2 N–H and O–H groups in total. The van der Waals surface area contributed by atoms with Gasteiger partial charge < -0.3 is 5.11 Å². The molecule has 0 amide bonds. The van der Waals surface area contributed by atoms with Crippen LogP contribution in [0.4, 0.5) is 5.69 Å². The summed E-state index contributed by atoms with van der Waals surface area (Å²) in [5.41, 5.74) is 2.34. The first kappa shape index (κ1) is 17.2. The number of aromatic nitrogens is 4. The van der Waals surface area contributed by atoms with Gasteiger partial charge in [-0.3, -0.25) is 4.72 Å². The number of aliphatic hydroxyl groups excluding tert-OH is 1. The predicted octanol–water partition coefficient (Wildman–Crippen LogP) is 1.16. The summed E-state index contributed by atoms with van der Waals surface area (Å²) in [6, 6.07) is 3.25. The van der Waals surface area contributed by atoms with E-state index in [2.05, 4.69) is 31.6 Å². The lowest BCUT2D eigenvalue weighted by Gasteiger charge is -2.08. The Hall–Kier alpha value is -2.67. The molecule has 25 heavy (non-hydrogen) atoms. The van der Waals surface area contributed by atoms with Crippen molar-refractivity contribution in [3.8, 4) is 23.1 Å². The second-order valence-corrected chi connectivity index (χ2v) is 7.14. The SMILES string of the molecule is CS(=O)(=O)Nc1cc(-c2ccn3ncc(C#CCO)c3n2)cnc1Cl. The normalized spacial score (nSPS) is 11.2. The van der Waals surface area contributed by atoms with Gasteiger partial charge in [0, 0.05) is 18.0 Å². The van der Waals surface area contributed by atoms with Crippen LogP contribution in [-0.4, -0.2) is 46.0 Å².